The number of likely N-dealkylation sites (N-methyl/N-ethyl adjacent to an activating group) is 1. The molecule has 1 fully saturated rings. The number of hydrogen-bond acceptors (Lipinski definition) is 3. The fraction of sp³-hybridized carbons (Fsp3) is 0.583. The Bertz CT molecular complexity index is 318. The summed E-state index contributed by atoms with van der Waals surface area (Å²) in [5.41, 5.74) is 1.14. The van der Waals surface area contributed by atoms with Gasteiger partial charge < -0.3 is 4.42 Å². The van der Waals surface area contributed by atoms with Crippen LogP contribution in [0.4, 0.5) is 0 Å². The summed E-state index contributed by atoms with van der Waals surface area (Å²) in [5, 5.41) is 0. The second-order valence-corrected chi connectivity index (χ2v) is 4.27. The molecule has 0 radical (unpaired) electrons. The molecule has 1 saturated carbocycles. The van der Waals surface area contributed by atoms with Crippen LogP contribution in [-0.4, -0.2) is 23.8 Å². The van der Waals surface area contributed by atoms with Crippen molar-refractivity contribution < 1.29 is 9.21 Å². The summed E-state index contributed by atoms with van der Waals surface area (Å²) >= 11 is 0. The molecule has 82 valence electrons. The van der Waals surface area contributed by atoms with Crippen molar-refractivity contribution in [3.05, 3.63) is 24.2 Å². The van der Waals surface area contributed by atoms with Gasteiger partial charge in [-0.2, -0.15) is 0 Å². The van der Waals surface area contributed by atoms with Crippen molar-refractivity contribution in [3.63, 3.8) is 0 Å². The Morgan fingerprint density at radius 3 is 3.07 bits per heavy atom. The lowest BCUT2D eigenvalue weighted by Crippen LogP contribution is -2.39. The molecule has 0 bridgehead atoms. The van der Waals surface area contributed by atoms with E-state index in [4.69, 9.17) is 4.42 Å². The molecule has 0 aliphatic heterocycles. The molecule has 1 aliphatic carbocycles. The van der Waals surface area contributed by atoms with E-state index in [0.29, 0.717) is 5.78 Å². The highest BCUT2D eigenvalue weighted by atomic mass is 16.3. The number of ketones is 1. The van der Waals surface area contributed by atoms with Gasteiger partial charge in [0, 0.05) is 18.5 Å². The summed E-state index contributed by atoms with van der Waals surface area (Å²) in [7, 11) is 2.01. The van der Waals surface area contributed by atoms with E-state index in [9.17, 15) is 4.79 Å². The average molecular weight is 207 g/mol. The summed E-state index contributed by atoms with van der Waals surface area (Å²) in [6, 6.07) is 2.07. The Balaban J connectivity index is 1.94. The van der Waals surface area contributed by atoms with Crippen LogP contribution in [0.25, 0.3) is 0 Å². The maximum absolute atomic E-state index is 11.7. The van der Waals surface area contributed by atoms with Gasteiger partial charge in [0.05, 0.1) is 18.6 Å². The largest absolute Gasteiger partial charge is 0.472 e. The van der Waals surface area contributed by atoms with Gasteiger partial charge in [0.1, 0.15) is 5.78 Å². The van der Waals surface area contributed by atoms with Crippen molar-refractivity contribution in [3.8, 4) is 0 Å². The normalized spacial score (nSPS) is 22.3. The summed E-state index contributed by atoms with van der Waals surface area (Å²) in [6.45, 7) is 0.799. The van der Waals surface area contributed by atoms with Crippen LogP contribution < -0.4 is 0 Å². The molecule has 1 atom stereocenters. The molecule has 0 amide bonds. The first kappa shape index (κ1) is 10.4. The van der Waals surface area contributed by atoms with E-state index in [0.717, 1.165) is 31.4 Å². The van der Waals surface area contributed by atoms with Gasteiger partial charge in [0.25, 0.3) is 0 Å². The minimum Gasteiger partial charge on any atom is -0.472 e. The van der Waals surface area contributed by atoms with Crippen LogP contribution in [-0.2, 0) is 11.3 Å². The molecule has 2 rings (SSSR count). The standard InChI is InChI=1S/C12H17NO2/c1-13(8-10-6-7-15-9-10)11-4-2-3-5-12(11)14/h6-7,9,11H,2-5,8H2,1H3. The van der Waals surface area contributed by atoms with Crippen molar-refractivity contribution in [2.75, 3.05) is 7.05 Å². The molecule has 1 heterocycles. The number of carbonyl (C=O) groups is 1. The molecule has 0 saturated heterocycles. The average Bonchev–Trinajstić information content (AvgIpc) is 2.71. The molecule has 0 spiro atoms. The molecule has 3 heteroatoms. The Hall–Kier alpha value is -1.09. The molecule has 1 aromatic heterocycles. The maximum atomic E-state index is 11.7. The van der Waals surface area contributed by atoms with Gasteiger partial charge in [0.15, 0.2) is 0 Å². The zero-order valence-electron chi connectivity index (χ0n) is 9.11. The minimum absolute atomic E-state index is 0.119. The second kappa shape index (κ2) is 4.62. The molecule has 1 unspecified atom stereocenters. The topological polar surface area (TPSA) is 33.5 Å². The van der Waals surface area contributed by atoms with Crippen molar-refractivity contribution in [2.24, 2.45) is 0 Å². The highest BCUT2D eigenvalue weighted by molar-refractivity contribution is 5.84. The van der Waals surface area contributed by atoms with E-state index in [1.54, 1.807) is 12.5 Å². The number of Topliss-reactive ketones (excluding diaryl/α,β-unsaturated/α-hetero) is 1. The second-order valence-electron chi connectivity index (χ2n) is 4.27. The smallest absolute Gasteiger partial charge is 0.149 e. The summed E-state index contributed by atoms with van der Waals surface area (Å²) in [4.78, 5) is 13.8. The fourth-order valence-corrected chi connectivity index (χ4v) is 2.21. The summed E-state index contributed by atoms with van der Waals surface area (Å²) in [6.07, 6.45) is 7.41. The van der Waals surface area contributed by atoms with Gasteiger partial charge in [-0.05, 0) is 26.0 Å². The summed E-state index contributed by atoms with van der Waals surface area (Å²) in [5.74, 6) is 0.396. The van der Waals surface area contributed by atoms with Gasteiger partial charge in [-0.1, -0.05) is 6.42 Å². The lowest BCUT2D eigenvalue weighted by atomic mass is 9.93. The number of carbonyl (C=O) groups excluding carboxylic acids is 1. The molecule has 15 heavy (non-hydrogen) atoms. The van der Waals surface area contributed by atoms with E-state index in [-0.39, 0.29) is 6.04 Å². The van der Waals surface area contributed by atoms with Gasteiger partial charge in [-0.15, -0.1) is 0 Å². The van der Waals surface area contributed by atoms with Crippen LogP contribution in [0.3, 0.4) is 0 Å². The number of furan rings is 1. The van der Waals surface area contributed by atoms with Gasteiger partial charge in [-0.3, -0.25) is 9.69 Å². The predicted octanol–water partition coefficient (Wildman–Crippen LogP) is 2.22. The first-order chi connectivity index (χ1) is 7.27. The van der Waals surface area contributed by atoms with Crippen molar-refractivity contribution in [1.29, 1.82) is 0 Å². The first-order valence-electron chi connectivity index (χ1n) is 5.51. The Morgan fingerprint density at radius 1 is 1.53 bits per heavy atom. The maximum Gasteiger partial charge on any atom is 0.149 e. The van der Waals surface area contributed by atoms with E-state index in [1.807, 2.05) is 13.1 Å². The van der Waals surface area contributed by atoms with Crippen molar-refractivity contribution in [2.45, 2.75) is 38.3 Å². The third-order valence-electron chi connectivity index (χ3n) is 3.07. The molecule has 1 aliphatic rings. The lowest BCUT2D eigenvalue weighted by Gasteiger charge is -2.29. The van der Waals surface area contributed by atoms with Gasteiger partial charge >= 0.3 is 0 Å². The van der Waals surface area contributed by atoms with Gasteiger partial charge in [0.2, 0.25) is 0 Å². The van der Waals surface area contributed by atoms with Crippen LogP contribution >= 0.6 is 0 Å². The zero-order valence-corrected chi connectivity index (χ0v) is 9.11. The van der Waals surface area contributed by atoms with Crippen molar-refractivity contribution >= 4 is 5.78 Å². The van der Waals surface area contributed by atoms with E-state index in [2.05, 4.69) is 4.90 Å². The van der Waals surface area contributed by atoms with Crippen LogP contribution in [0.5, 0.6) is 0 Å². The third kappa shape index (κ3) is 2.48. The minimum atomic E-state index is 0.119. The highest BCUT2D eigenvalue weighted by Crippen LogP contribution is 2.20. The molecular weight excluding hydrogens is 190 g/mol. The fourth-order valence-electron chi connectivity index (χ4n) is 2.21. The Morgan fingerprint density at radius 2 is 2.40 bits per heavy atom. The Labute approximate surface area is 90.1 Å². The molecule has 0 N–H and O–H groups in total. The van der Waals surface area contributed by atoms with Gasteiger partial charge in [-0.25, -0.2) is 0 Å². The zero-order chi connectivity index (χ0) is 10.7. The summed E-state index contributed by atoms with van der Waals surface area (Å²) < 4.78 is 5.02. The number of rotatable bonds is 3. The first-order valence-corrected chi connectivity index (χ1v) is 5.51. The predicted molar refractivity (Wildman–Crippen MR) is 57.4 cm³/mol. The number of nitrogens with zero attached hydrogens (tertiary/aromatic N) is 1. The van der Waals surface area contributed by atoms with E-state index >= 15 is 0 Å². The highest BCUT2D eigenvalue weighted by Gasteiger charge is 2.25. The van der Waals surface area contributed by atoms with E-state index < -0.39 is 0 Å². The SMILES string of the molecule is CN(Cc1ccoc1)C1CCCCC1=O. The molecule has 0 aromatic carbocycles. The molecule has 1 aromatic rings. The quantitative estimate of drug-likeness (QED) is 0.762. The third-order valence-corrected chi connectivity index (χ3v) is 3.07. The Kier molecular flexibility index (Phi) is 3.21. The monoisotopic (exact) mass is 207 g/mol. The van der Waals surface area contributed by atoms with Crippen LogP contribution in [0.1, 0.15) is 31.2 Å². The van der Waals surface area contributed by atoms with Crippen LogP contribution in [0.15, 0.2) is 23.0 Å². The van der Waals surface area contributed by atoms with E-state index in [1.165, 1.54) is 6.42 Å². The molecular formula is C12H17NO2. The lowest BCUT2D eigenvalue weighted by molar-refractivity contribution is -0.125. The van der Waals surface area contributed by atoms with Crippen LogP contribution in [0, 0.1) is 0 Å². The number of hydrogen-bond donors (Lipinski definition) is 0. The van der Waals surface area contributed by atoms with Crippen LogP contribution in [0.2, 0.25) is 0 Å². The molecule has 3 nitrogen and oxygen atoms in total. The van der Waals surface area contributed by atoms with Crippen molar-refractivity contribution in [1.82, 2.24) is 4.90 Å².